The SMILES string of the molecule is CCn1nc2n(c1=O)CCN(C(=O)COc1ccccc1)C2c1ccccc1. The van der Waals surface area contributed by atoms with Crippen molar-refractivity contribution in [3.63, 3.8) is 0 Å². The van der Waals surface area contributed by atoms with Gasteiger partial charge in [-0.15, -0.1) is 0 Å². The number of hydrogen-bond donors (Lipinski definition) is 0. The monoisotopic (exact) mass is 378 g/mol. The fraction of sp³-hybridized carbons (Fsp3) is 0.286. The number of amides is 1. The lowest BCUT2D eigenvalue weighted by atomic mass is 10.0. The highest BCUT2D eigenvalue weighted by atomic mass is 16.5. The van der Waals surface area contributed by atoms with Crippen LogP contribution >= 0.6 is 0 Å². The molecule has 144 valence electrons. The lowest BCUT2D eigenvalue weighted by molar-refractivity contribution is -0.136. The zero-order chi connectivity index (χ0) is 19.5. The number of rotatable bonds is 5. The summed E-state index contributed by atoms with van der Waals surface area (Å²) in [5.74, 6) is 1.11. The Bertz CT molecular complexity index is 1010. The van der Waals surface area contributed by atoms with Crippen LogP contribution in [-0.4, -0.2) is 38.3 Å². The fourth-order valence-electron chi connectivity index (χ4n) is 3.53. The summed E-state index contributed by atoms with van der Waals surface area (Å²) in [6.45, 7) is 3.17. The molecule has 2 aromatic carbocycles. The molecule has 2 heterocycles. The molecule has 28 heavy (non-hydrogen) atoms. The number of ether oxygens (including phenoxy) is 1. The first-order chi connectivity index (χ1) is 13.7. The quantitative estimate of drug-likeness (QED) is 0.682. The number of carbonyl (C=O) groups is 1. The predicted molar refractivity (Wildman–Crippen MR) is 104 cm³/mol. The molecule has 3 aromatic rings. The summed E-state index contributed by atoms with van der Waals surface area (Å²) in [4.78, 5) is 27.3. The van der Waals surface area contributed by atoms with Gasteiger partial charge in [0.05, 0.1) is 0 Å². The number of nitrogens with zero attached hydrogens (tertiary/aromatic N) is 4. The summed E-state index contributed by atoms with van der Waals surface area (Å²) in [7, 11) is 0. The van der Waals surface area contributed by atoms with Crippen molar-refractivity contribution in [2.45, 2.75) is 26.1 Å². The maximum atomic E-state index is 13.0. The molecular formula is C21H22N4O3. The van der Waals surface area contributed by atoms with E-state index in [1.54, 1.807) is 9.47 Å². The lowest BCUT2D eigenvalue weighted by Gasteiger charge is -2.35. The van der Waals surface area contributed by atoms with E-state index in [4.69, 9.17) is 4.74 Å². The minimum atomic E-state index is -0.415. The molecule has 7 heteroatoms. The van der Waals surface area contributed by atoms with Gasteiger partial charge in [-0.3, -0.25) is 9.36 Å². The Balaban J connectivity index is 1.66. The van der Waals surface area contributed by atoms with Crippen LogP contribution in [-0.2, 0) is 17.9 Å². The lowest BCUT2D eigenvalue weighted by Crippen LogP contribution is -2.46. The summed E-state index contributed by atoms with van der Waals surface area (Å²) in [6.07, 6.45) is 0. The Morgan fingerprint density at radius 1 is 1.07 bits per heavy atom. The third-order valence-electron chi connectivity index (χ3n) is 4.91. The summed E-state index contributed by atoms with van der Waals surface area (Å²) in [5, 5.41) is 4.51. The van der Waals surface area contributed by atoms with Crippen LogP contribution in [0.4, 0.5) is 0 Å². The molecule has 0 fully saturated rings. The molecule has 1 aromatic heterocycles. The number of carbonyl (C=O) groups excluding carboxylic acids is 1. The summed E-state index contributed by atoms with van der Waals surface area (Å²) >= 11 is 0. The molecule has 0 radical (unpaired) electrons. The Morgan fingerprint density at radius 3 is 2.43 bits per heavy atom. The maximum absolute atomic E-state index is 13.0. The van der Waals surface area contributed by atoms with Crippen molar-refractivity contribution in [1.82, 2.24) is 19.2 Å². The molecule has 1 amide bonds. The second kappa shape index (κ2) is 7.72. The first-order valence-electron chi connectivity index (χ1n) is 9.39. The van der Waals surface area contributed by atoms with E-state index in [9.17, 15) is 9.59 Å². The number of fused-ring (bicyclic) bond motifs is 1. The zero-order valence-corrected chi connectivity index (χ0v) is 15.7. The summed E-state index contributed by atoms with van der Waals surface area (Å²) in [6, 6.07) is 18.5. The largest absolute Gasteiger partial charge is 0.484 e. The second-order valence-electron chi connectivity index (χ2n) is 6.61. The van der Waals surface area contributed by atoms with Gasteiger partial charge < -0.3 is 9.64 Å². The molecule has 0 saturated carbocycles. The van der Waals surface area contributed by atoms with Gasteiger partial charge >= 0.3 is 5.69 Å². The number of hydrogen-bond acceptors (Lipinski definition) is 4. The van der Waals surface area contributed by atoms with E-state index in [1.807, 2.05) is 67.6 Å². The van der Waals surface area contributed by atoms with E-state index >= 15 is 0 Å². The molecule has 0 aliphatic carbocycles. The Labute approximate surface area is 162 Å². The third-order valence-corrected chi connectivity index (χ3v) is 4.91. The normalized spacial score (nSPS) is 15.9. The average Bonchev–Trinajstić information content (AvgIpc) is 3.08. The Kier molecular flexibility index (Phi) is 4.97. The van der Waals surface area contributed by atoms with Crippen LogP contribution in [0.25, 0.3) is 0 Å². The Hall–Kier alpha value is -3.35. The maximum Gasteiger partial charge on any atom is 0.346 e. The second-order valence-corrected chi connectivity index (χ2v) is 6.61. The molecule has 1 atom stereocenters. The van der Waals surface area contributed by atoms with Crippen LogP contribution in [0.2, 0.25) is 0 Å². The van der Waals surface area contributed by atoms with Crippen molar-refractivity contribution in [3.8, 4) is 5.75 Å². The molecular weight excluding hydrogens is 356 g/mol. The standard InChI is InChI=1S/C21H22N4O3/c1-2-25-21(27)24-14-13-23(18(26)15-28-17-11-7-4-8-12-17)19(20(24)22-25)16-9-5-3-6-10-16/h3-12,19H,2,13-15H2,1H3. The van der Waals surface area contributed by atoms with Crippen molar-refractivity contribution in [3.05, 3.63) is 82.5 Å². The first kappa shape index (κ1) is 18.0. The highest BCUT2D eigenvalue weighted by molar-refractivity contribution is 5.78. The molecule has 1 aliphatic heterocycles. The number of aromatic nitrogens is 3. The third kappa shape index (κ3) is 3.31. The van der Waals surface area contributed by atoms with Gasteiger partial charge in [0.15, 0.2) is 12.4 Å². The smallest absolute Gasteiger partial charge is 0.346 e. The minimum Gasteiger partial charge on any atom is -0.484 e. The molecule has 1 aliphatic rings. The molecule has 1 unspecified atom stereocenters. The number of benzene rings is 2. The van der Waals surface area contributed by atoms with Crippen molar-refractivity contribution in [2.75, 3.05) is 13.2 Å². The highest BCUT2D eigenvalue weighted by Gasteiger charge is 2.35. The Morgan fingerprint density at radius 2 is 1.75 bits per heavy atom. The van der Waals surface area contributed by atoms with Gasteiger partial charge in [0.25, 0.3) is 5.91 Å². The number of aryl methyl sites for hydroxylation is 1. The van der Waals surface area contributed by atoms with Crippen LogP contribution in [0, 0.1) is 0 Å². The van der Waals surface area contributed by atoms with Gasteiger partial charge in [-0.25, -0.2) is 9.48 Å². The van der Waals surface area contributed by atoms with E-state index in [1.165, 1.54) is 4.68 Å². The van der Waals surface area contributed by atoms with E-state index in [-0.39, 0.29) is 18.2 Å². The van der Waals surface area contributed by atoms with E-state index in [0.29, 0.717) is 31.2 Å². The summed E-state index contributed by atoms with van der Waals surface area (Å²) < 4.78 is 8.77. The first-order valence-corrected chi connectivity index (χ1v) is 9.39. The van der Waals surface area contributed by atoms with E-state index in [0.717, 1.165) is 5.56 Å². The highest BCUT2D eigenvalue weighted by Crippen LogP contribution is 2.30. The summed E-state index contributed by atoms with van der Waals surface area (Å²) in [5.41, 5.74) is 0.788. The molecule has 0 N–H and O–H groups in total. The van der Waals surface area contributed by atoms with Crippen molar-refractivity contribution in [2.24, 2.45) is 0 Å². The van der Waals surface area contributed by atoms with E-state index < -0.39 is 6.04 Å². The zero-order valence-electron chi connectivity index (χ0n) is 15.7. The van der Waals surface area contributed by atoms with Gasteiger partial charge in [-0.1, -0.05) is 48.5 Å². The average molecular weight is 378 g/mol. The molecule has 4 rings (SSSR count). The minimum absolute atomic E-state index is 0.0634. The van der Waals surface area contributed by atoms with Crippen LogP contribution in [0.15, 0.2) is 65.5 Å². The van der Waals surface area contributed by atoms with Crippen LogP contribution in [0.5, 0.6) is 5.75 Å². The molecule has 0 spiro atoms. The van der Waals surface area contributed by atoms with E-state index in [2.05, 4.69) is 5.10 Å². The van der Waals surface area contributed by atoms with Crippen LogP contribution < -0.4 is 10.4 Å². The van der Waals surface area contributed by atoms with Crippen molar-refractivity contribution < 1.29 is 9.53 Å². The van der Waals surface area contributed by atoms with Gasteiger partial charge in [-0.2, -0.15) is 5.10 Å². The van der Waals surface area contributed by atoms with Gasteiger partial charge in [0, 0.05) is 19.6 Å². The number of para-hydroxylation sites is 1. The van der Waals surface area contributed by atoms with Gasteiger partial charge in [-0.05, 0) is 24.6 Å². The van der Waals surface area contributed by atoms with Crippen LogP contribution in [0.1, 0.15) is 24.4 Å². The van der Waals surface area contributed by atoms with Crippen molar-refractivity contribution in [1.29, 1.82) is 0 Å². The molecule has 0 bridgehead atoms. The molecule has 7 nitrogen and oxygen atoms in total. The predicted octanol–water partition coefficient (Wildman–Crippen LogP) is 2.08. The molecule has 0 saturated heterocycles. The van der Waals surface area contributed by atoms with Crippen molar-refractivity contribution >= 4 is 5.91 Å². The fourth-order valence-corrected chi connectivity index (χ4v) is 3.53. The topological polar surface area (TPSA) is 69.4 Å². The van der Waals surface area contributed by atoms with Crippen LogP contribution in [0.3, 0.4) is 0 Å². The van der Waals surface area contributed by atoms with Gasteiger partial charge in [0.1, 0.15) is 11.8 Å². The van der Waals surface area contributed by atoms with Gasteiger partial charge in [0.2, 0.25) is 0 Å².